The molecule has 2 N–H and O–H groups in total. The van der Waals surface area contributed by atoms with Gasteiger partial charge < -0.3 is 14.6 Å². The number of benzene rings is 1. The first-order chi connectivity index (χ1) is 14.8. The van der Waals surface area contributed by atoms with E-state index in [4.69, 9.17) is 4.74 Å². The van der Waals surface area contributed by atoms with E-state index in [1.54, 1.807) is 43.6 Å². The van der Waals surface area contributed by atoms with Gasteiger partial charge in [0.05, 0.1) is 29.1 Å². The molecule has 10 heteroatoms. The van der Waals surface area contributed by atoms with Crippen molar-refractivity contribution in [1.29, 1.82) is 0 Å². The molecule has 3 aromatic rings. The Morgan fingerprint density at radius 1 is 1.16 bits per heavy atom. The number of rotatable bonds is 10. The number of sulfonamides is 1. The largest absolute Gasteiger partial charge is 0.380 e. The molecule has 1 atom stereocenters. The van der Waals surface area contributed by atoms with E-state index in [0.717, 1.165) is 23.6 Å². The Labute approximate surface area is 183 Å². The van der Waals surface area contributed by atoms with E-state index >= 15 is 0 Å². The highest BCUT2D eigenvalue weighted by Crippen LogP contribution is 2.21. The minimum Gasteiger partial charge on any atom is -0.380 e. The van der Waals surface area contributed by atoms with Crippen LogP contribution in [0, 0.1) is 6.92 Å². The number of aromatic nitrogens is 4. The van der Waals surface area contributed by atoms with Crippen molar-refractivity contribution in [3.05, 3.63) is 48.5 Å². The maximum atomic E-state index is 12.6. The molecule has 1 aromatic carbocycles. The molecule has 0 spiro atoms. The summed E-state index contributed by atoms with van der Waals surface area (Å²) in [6, 6.07) is 7.93. The Morgan fingerprint density at radius 2 is 1.90 bits per heavy atom. The van der Waals surface area contributed by atoms with E-state index in [1.807, 2.05) is 31.5 Å². The highest BCUT2D eigenvalue weighted by atomic mass is 32.2. The SMILES string of the molecule is CCCOCC(C)NS(=O)(=O)c1ccc(Nc2nccc(-c3cnc(C)n3C)n2)cc1. The number of ether oxygens (including phenoxy) is 1. The normalized spacial score (nSPS) is 12.6. The maximum absolute atomic E-state index is 12.6. The third-order valence-electron chi connectivity index (χ3n) is 4.63. The zero-order chi connectivity index (χ0) is 22.4. The zero-order valence-corrected chi connectivity index (χ0v) is 19.0. The van der Waals surface area contributed by atoms with Gasteiger partial charge in [-0.1, -0.05) is 6.92 Å². The molecule has 2 aromatic heterocycles. The second kappa shape index (κ2) is 9.99. The van der Waals surface area contributed by atoms with Crippen LogP contribution in [0.25, 0.3) is 11.4 Å². The van der Waals surface area contributed by atoms with Gasteiger partial charge in [-0.2, -0.15) is 0 Å². The number of imidazole rings is 1. The summed E-state index contributed by atoms with van der Waals surface area (Å²) in [5.74, 6) is 1.30. The first-order valence-electron chi connectivity index (χ1n) is 10.1. The third kappa shape index (κ3) is 5.87. The fourth-order valence-electron chi connectivity index (χ4n) is 2.92. The van der Waals surface area contributed by atoms with Crippen LogP contribution in [0.2, 0.25) is 0 Å². The number of aryl methyl sites for hydroxylation is 1. The highest BCUT2D eigenvalue weighted by molar-refractivity contribution is 7.89. The molecule has 0 amide bonds. The minimum atomic E-state index is -3.63. The molecule has 0 aliphatic carbocycles. The van der Waals surface area contributed by atoms with Gasteiger partial charge in [0.25, 0.3) is 0 Å². The molecule has 0 saturated heterocycles. The standard InChI is InChI=1S/C21H28N6O3S/c1-5-12-30-14-15(2)26-31(28,29)18-8-6-17(7-9-18)24-21-22-11-10-19(25-21)20-13-23-16(3)27(20)4/h6-11,13,15,26H,5,12,14H2,1-4H3,(H,22,24,25). The van der Waals surface area contributed by atoms with Crippen molar-refractivity contribution >= 4 is 21.7 Å². The van der Waals surface area contributed by atoms with Gasteiger partial charge in [0.1, 0.15) is 5.82 Å². The Bertz CT molecular complexity index is 1110. The lowest BCUT2D eigenvalue weighted by molar-refractivity contribution is 0.121. The average Bonchev–Trinajstić information content (AvgIpc) is 3.07. The molecule has 0 bridgehead atoms. The number of nitrogens with zero attached hydrogens (tertiary/aromatic N) is 4. The van der Waals surface area contributed by atoms with Crippen molar-refractivity contribution < 1.29 is 13.2 Å². The number of hydrogen-bond acceptors (Lipinski definition) is 7. The smallest absolute Gasteiger partial charge is 0.240 e. The highest BCUT2D eigenvalue weighted by Gasteiger charge is 2.17. The molecule has 0 radical (unpaired) electrons. The van der Waals surface area contributed by atoms with Crippen molar-refractivity contribution in [1.82, 2.24) is 24.2 Å². The number of nitrogens with one attached hydrogen (secondary N) is 2. The Kier molecular flexibility index (Phi) is 7.37. The van der Waals surface area contributed by atoms with Crippen LogP contribution >= 0.6 is 0 Å². The fourth-order valence-corrected chi connectivity index (χ4v) is 4.15. The molecule has 9 nitrogen and oxygen atoms in total. The van der Waals surface area contributed by atoms with Crippen molar-refractivity contribution in [2.45, 2.75) is 38.1 Å². The van der Waals surface area contributed by atoms with Gasteiger partial charge in [0.2, 0.25) is 16.0 Å². The van der Waals surface area contributed by atoms with Gasteiger partial charge in [-0.05, 0) is 50.6 Å². The summed E-state index contributed by atoms with van der Waals surface area (Å²) >= 11 is 0. The van der Waals surface area contributed by atoms with E-state index in [1.165, 1.54) is 0 Å². The predicted octanol–water partition coefficient (Wildman–Crippen LogP) is 3.02. The quantitative estimate of drug-likeness (QED) is 0.462. The molecule has 3 rings (SSSR count). The average molecular weight is 445 g/mol. The Morgan fingerprint density at radius 3 is 2.55 bits per heavy atom. The minimum absolute atomic E-state index is 0.181. The van der Waals surface area contributed by atoms with Crippen LogP contribution in [-0.4, -0.2) is 47.2 Å². The first kappa shape index (κ1) is 22.9. The second-order valence-electron chi connectivity index (χ2n) is 7.26. The predicted molar refractivity (Wildman–Crippen MR) is 120 cm³/mol. The van der Waals surface area contributed by atoms with Gasteiger partial charge in [-0.3, -0.25) is 0 Å². The molecule has 31 heavy (non-hydrogen) atoms. The van der Waals surface area contributed by atoms with Gasteiger partial charge in [-0.25, -0.2) is 28.1 Å². The monoisotopic (exact) mass is 444 g/mol. The molecular formula is C21H28N6O3S. The van der Waals surface area contributed by atoms with E-state index < -0.39 is 10.0 Å². The van der Waals surface area contributed by atoms with Crippen LogP contribution in [0.5, 0.6) is 0 Å². The lowest BCUT2D eigenvalue weighted by Crippen LogP contribution is -2.35. The molecule has 0 aliphatic heterocycles. The molecule has 166 valence electrons. The summed E-state index contributed by atoms with van der Waals surface area (Å²) in [5, 5.41) is 3.11. The van der Waals surface area contributed by atoms with E-state index in [0.29, 0.717) is 24.8 Å². The number of anilines is 2. The van der Waals surface area contributed by atoms with Crippen LogP contribution in [0.15, 0.2) is 47.6 Å². The van der Waals surface area contributed by atoms with Gasteiger partial charge in [-0.15, -0.1) is 0 Å². The lowest BCUT2D eigenvalue weighted by Gasteiger charge is -2.14. The summed E-state index contributed by atoms with van der Waals surface area (Å²) in [6.07, 6.45) is 4.32. The van der Waals surface area contributed by atoms with E-state index in [9.17, 15) is 8.42 Å². The van der Waals surface area contributed by atoms with Gasteiger partial charge >= 0.3 is 0 Å². The fraction of sp³-hybridized carbons (Fsp3) is 0.381. The summed E-state index contributed by atoms with van der Waals surface area (Å²) in [4.78, 5) is 13.2. The molecule has 2 heterocycles. The maximum Gasteiger partial charge on any atom is 0.240 e. The van der Waals surface area contributed by atoms with Gasteiger partial charge in [0.15, 0.2) is 0 Å². The van der Waals surface area contributed by atoms with Crippen LogP contribution in [-0.2, 0) is 21.8 Å². The Balaban J connectivity index is 1.68. The Hall–Kier alpha value is -2.82. The molecule has 0 saturated carbocycles. The molecule has 1 unspecified atom stereocenters. The summed E-state index contributed by atoms with van der Waals surface area (Å²) in [7, 11) is -1.70. The van der Waals surface area contributed by atoms with E-state index in [2.05, 4.69) is 25.0 Å². The van der Waals surface area contributed by atoms with Gasteiger partial charge in [0, 0.05) is 31.6 Å². The van der Waals surface area contributed by atoms with Crippen LogP contribution in [0.3, 0.4) is 0 Å². The molecule has 0 aliphatic rings. The molecular weight excluding hydrogens is 416 g/mol. The van der Waals surface area contributed by atoms with Crippen molar-refractivity contribution in [3.63, 3.8) is 0 Å². The van der Waals surface area contributed by atoms with Crippen molar-refractivity contribution in [3.8, 4) is 11.4 Å². The first-order valence-corrected chi connectivity index (χ1v) is 11.6. The summed E-state index contributed by atoms with van der Waals surface area (Å²) in [6.45, 7) is 6.64. The van der Waals surface area contributed by atoms with Crippen LogP contribution in [0.1, 0.15) is 26.1 Å². The summed E-state index contributed by atoms with van der Waals surface area (Å²) in [5.41, 5.74) is 2.30. The summed E-state index contributed by atoms with van der Waals surface area (Å²) < 4.78 is 35.1. The van der Waals surface area contributed by atoms with Crippen molar-refractivity contribution in [2.24, 2.45) is 7.05 Å². The third-order valence-corrected chi connectivity index (χ3v) is 6.24. The molecule has 0 fully saturated rings. The zero-order valence-electron chi connectivity index (χ0n) is 18.2. The van der Waals surface area contributed by atoms with Crippen LogP contribution in [0.4, 0.5) is 11.6 Å². The van der Waals surface area contributed by atoms with E-state index in [-0.39, 0.29) is 10.9 Å². The lowest BCUT2D eigenvalue weighted by atomic mass is 10.3. The van der Waals surface area contributed by atoms with Crippen LogP contribution < -0.4 is 10.0 Å². The second-order valence-corrected chi connectivity index (χ2v) is 8.98. The van der Waals surface area contributed by atoms with Crippen molar-refractivity contribution in [2.75, 3.05) is 18.5 Å². The number of hydrogen-bond donors (Lipinski definition) is 2. The topological polar surface area (TPSA) is 111 Å².